The quantitative estimate of drug-likeness (QED) is 0.335. The van der Waals surface area contributed by atoms with Crippen LogP contribution in [0.3, 0.4) is 0 Å². The number of hydrogen-bond acceptors (Lipinski definition) is 6. The van der Waals surface area contributed by atoms with Crippen molar-refractivity contribution in [3.8, 4) is 17.1 Å². The number of carbonyl (C=O) groups is 1. The maximum absolute atomic E-state index is 11.8. The van der Waals surface area contributed by atoms with E-state index in [2.05, 4.69) is 38.8 Å². The number of carbonyl (C=O) groups excluding carboxylic acids is 1. The number of pyridine rings is 1. The van der Waals surface area contributed by atoms with Crippen molar-refractivity contribution in [1.29, 1.82) is 0 Å². The van der Waals surface area contributed by atoms with Crippen molar-refractivity contribution < 1.29 is 9.53 Å². The first-order chi connectivity index (χ1) is 14.7. The first-order valence-corrected chi connectivity index (χ1v) is 10.4. The molecule has 0 aliphatic heterocycles. The van der Waals surface area contributed by atoms with E-state index in [-0.39, 0.29) is 5.97 Å². The monoisotopic (exact) mass is 416 g/mol. The number of hydrogen-bond donors (Lipinski definition) is 0. The second-order valence-corrected chi connectivity index (χ2v) is 7.59. The van der Waals surface area contributed by atoms with E-state index in [1.807, 2.05) is 42.5 Å². The molecule has 0 atom stereocenters. The highest BCUT2D eigenvalue weighted by Crippen LogP contribution is 2.30. The second kappa shape index (κ2) is 8.92. The molecule has 4 rings (SSSR count). The fourth-order valence-corrected chi connectivity index (χ4v) is 4.02. The van der Waals surface area contributed by atoms with Gasteiger partial charge in [-0.25, -0.2) is 4.79 Å². The minimum absolute atomic E-state index is 0.343. The minimum atomic E-state index is -0.343. The van der Waals surface area contributed by atoms with E-state index in [1.54, 1.807) is 30.2 Å². The molecule has 0 bridgehead atoms. The van der Waals surface area contributed by atoms with E-state index in [0.29, 0.717) is 11.3 Å². The topological polar surface area (TPSA) is 69.9 Å². The standard InChI is InChI=1S/C23H20N4O2S/c1-16-6-3-4-9-20(16)27-21(18-10-12-24-13-11-18)25-26-23(27)30-15-17-7-5-8-19(14-17)22(28)29-2/h3-14H,15H2,1-2H3. The molecule has 0 saturated heterocycles. The Morgan fingerprint density at radius 1 is 1.03 bits per heavy atom. The molecule has 0 amide bonds. The van der Waals surface area contributed by atoms with Gasteiger partial charge >= 0.3 is 5.97 Å². The largest absolute Gasteiger partial charge is 0.465 e. The molecule has 0 aliphatic rings. The van der Waals surface area contributed by atoms with E-state index in [1.165, 1.54) is 7.11 Å². The Labute approximate surface area is 179 Å². The van der Waals surface area contributed by atoms with Crippen molar-refractivity contribution in [2.75, 3.05) is 7.11 Å². The molecule has 2 aromatic carbocycles. The van der Waals surface area contributed by atoms with E-state index in [4.69, 9.17) is 4.74 Å². The van der Waals surface area contributed by atoms with Crippen molar-refractivity contribution in [1.82, 2.24) is 19.7 Å². The summed E-state index contributed by atoms with van der Waals surface area (Å²) in [6.07, 6.45) is 3.49. The zero-order valence-corrected chi connectivity index (χ0v) is 17.5. The van der Waals surface area contributed by atoms with Crippen LogP contribution >= 0.6 is 11.8 Å². The molecule has 0 aliphatic carbocycles. The van der Waals surface area contributed by atoms with Gasteiger partial charge < -0.3 is 4.74 Å². The molecule has 0 fully saturated rings. The lowest BCUT2D eigenvalue weighted by Gasteiger charge is -2.13. The average Bonchev–Trinajstić information content (AvgIpc) is 3.22. The number of ether oxygens (including phenoxy) is 1. The molecule has 0 unspecified atom stereocenters. The predicted molar refractivity (Wildman–Crippen MR) is 117 cm³/mol. The minimum Gasteiger partial charge on any atom is -0.465 e. The van der Waals surface area contributed by atoms with E-state index in [0.717, 1.165) is 33.4 Å². The van der Waals surface area contributed by atoms with Crippen LogP contribution in [0.4, 0.5) is 0 Å². The lowest BCUT2D eigenvalue weighted by atomic mass is 10.1. The van der Waals surface area contributed by atoms with Crippen molar-refractivity contribution in [2.45, 2.75) is 17.8 Å². The van der Waals surface area contributed by atoms with Crippen LogP contribution < -0.4 is 0 Å². The predicted octanol–water partition coefficient (Wildman–Crippen LogP) is 4.72. The summed E-state index contributed by atoms with van der Waals surface area (Å²) in [5.74, 6) is 1.06. The van der Waals surface area contributed by atoms with Gasteiger partial charge in [-0.15, -0.1) is 10.2 Å². The highest BCUT2D eigenvalue weighted by atomic mass is 32.2. The summed E-state index contributed by atoms with van der Waals surface area (Å²) in [6, 6.07) is 19.4. The molecule has 4 aromatic rings. The zero-order valence-electron chi connectivity index (χ0n) is 16.6. The van der Waals surface area contributed by atoms with Crippen LogP contribution in [0.2, 0.25) is 0 Å². The Balaban J connectivity index is 1.70. The number of aromatic nitrogens is 4. The number of thioether (sulfide) groups is 1. The fourth-order valence-electron chi connectivity index (χ4n) is 3.14. The second-order valence-electron chi connectivity index (χ2n) is 6.64. The van der Waals surface area contributed by atoms with Crippen molar-refractivity contribution in [3.05, 3.63) is 89.7 Å². The number of para-hydroxylation sites is 1. The number of methoxy groups -OCH3 is 1. The maximum Gasteiger partial charge on any atom is 0.337 e. The highest BCUT2D eigenvalue weighted by Gasteiger charge is 2.17. The van der Waals surface area contributed by atoms with Crippen LogP contribution in [-0.2, 0) is 10.5 Å². The highest BCUT2D eigenvalue weighted by molar-refractivity contribution is 7.98. The Morgan fingerprint density at radius 3 is 2.60 bits per heavy atom. The van der Waals surface area contributed by atoms with Crippen molar-refractivity contribution in [3.63, 3.8) is 0 Å². The molecule has 150 valence electrons. The van der Waals surface area contributed by atoms with Crippen LogP contribution in [0.5, 0.6) is 0 Å². The van der Waals surface area contributed by atoms with Gasteiger partial charge in [0.2, 0.25) is 0 Å². The molecule has 6 nitrogen and oxygen atoms in total. The van der Waals surface area contributed by atoms with E-state index in [9.17, 15) is 4.79 Å². The molecule has 30 heavy (non-hydrogen) atoms. The van der Waals surface area contributed by atoms with Gasteiger partial charge in [-0.2, -0.15) is 0 Å². The van der Waals surface area contributed by atoms with Crippen LogP contribution in [0.15, 0.2) is 78.2 Å². The molecule has 7 heteroatoms. The summed E-state index contributed by atoms with van der Waals surface area (Å²) >= 11 is 1.57. The van der Waals surface area contributed by atoms with Gasteiger partial charge in [0.25, 0.3) is 0 Å². The normalized spacial score (nSPS) is 10.7. The third-order valence-corrected chi connectivity index (χ3v) is 5.64. The first kappa shape index (κ1) is 19.8. The summed E-state index contributed by atoms with van der Waals surface area (Å²) in [5, 5.41) is 9.71. The summed E-state index contributed by atoms with van der Waals surface area (Å²) < 4.78 is 6.89. The third-order valence-electron chi connectivity index (χ3n) is 4.64. The fraction of sp³-hybridized carbons (Fsp3) is 0.130. The van der Waals surface area contributed by atoms with Crippen LogP contribution in [-0.4, -0.2) is 32.8 Å². The van der Waals surface area contributed by atoms with Crippen molar-refractivity contribution >= 4 is 17.7 Å². The lowest BCUT2D eigenvalue weighted by Crippen LogP contribution is -2.03. The number of rotatable bonds is 6. The smallest absolute Gasteiger partial charge is 0.337 e. The van der Waals surface area contributed by atoms with Gasteiger partial charge in [0.15, 0.2) is 11.0 Å². The average molecular weight is 417 g/mol. The van der Waals surface area contributed by atoms with Gasteiger partial charge in [-0.3, -0.25) is 9.55 Å². The van der Waals surface area contributed by atoms with Crippen molar-refractivity contribution in [2.24, 2.45) is 0 Å². The summed E-state index contributed by atoms with van der Waals surface area (Å²) in [6.45, 7) is 2.07. The van der Waals surface area contributed by atoms with Gasteiger partial charge in [-0.05, 0) is 48.4 Å². The molecular weight excluding hydrogens is 396 g/mol. The number of benzene rings is 2. The van der Waals surface area contributed by atoms with Gasteiger partial charge in [0.1, 0.15) is 0 Å². The molecule has 0 N–H and O–H groups in total. The van der Waals surface area contributed by atoms with Crippen LogP contribution in [0, 0.1) is 6.92 Å². The molecule has 0 radical (unpaired) electrons. The Bertz CT molecular complexity index is 1170. The zero-order chi connectivity index (χ0) is 20.9. The summed E-state index contributed by atoms with van der Waals surface area (Å²) in [4.78, 5) is 15.9. The maximum atomic E-state index is 11.8. The Kier molecular flexibility index (Phi) is 5.90. The molecule has 0 spiro atoms. The lowest BCUT2D eigenvalue weighted by molar-refractivity contribution is 0.0600. The third kappa shape index (κ3) is 4.11. The SMILES string of the molecule is COC(=O)c1cccc(CSc2nnc(-c3ccncc3)n2-c2ccccc2C)c1. The molecule has 2 aromatic heterocycles. The molecule has 2 heterocycles. The number of nitrogens with zero attached hydrogens (tertiary/aromatic N) is 4. The van der Waals surface area contributed by atoms with E-state index >= 15 is 0 Å². The summed E-state index contributed by atoms with van der Waals surface area (Å²) in [7, 11) is 1.38. The van der Waals surface area contributed by atoms with Gasteiger partial charge in [-0.1, -0.05) is 42.1 Å². The number of esters is 1. The van der Waals surface area contributed by atoms with Gasteiger partial charge in [0.05, 0.1) is 18.4 Å². The van der Waals surface area contributed by atoms with E-state index < -0.39 is 0 Å². The Morgan fingerprint density at radius 2 is 1.83 bits per heavy atom. The Hall–Kier alpha value is -3.45. The molecular formula is C23H20N4O2S. The number of aryl methyl sites for hydroxylation is 1. The van der Waals surface area contributed by atoms with Crippen LogP contribution in [0.1, 0.15) is 21.5 Å². The van der Waals surface area contributed by atoms with Crippen LogP contribution in [0.25, 0.3) is 17.1 Å². The first-order valence-electron chi connectivity index (χ1n) is 9.39. The van der Waals surface area contributed by atoms with Gasteiger partial charge in [0, 0.05) is 23.7 Å². The molecule has 0 saturated carbocycles. The summed E-state index contributed by atoms with van der Waals surface area (Å²) in [5.41, 5.74) is 4.64.